The Bertz CT molecular complexity index is 1100. The topological polar surface area (TPSA) is 27.1 Å². The van der Waals surface area contributed by atoms with Gasteiger partial charge in [0.05, 0.1) is 18.3 Å². The maximum Gasteiger partial charge on any atom is 0.118 e. The van der Waals surface area contributed by atoms with Crippen molar-refractivity contribution in [3.05, 3.63) is 82.6 Å². The molecule has 0 fully saturated rings. The molecule has 0 radical (unpaired) electrons. The van der Waals surface area contributed by atoms with Gasteiger partial charge in [-0.15, -0.1) is 12.4 Å². The van der Waals surface area contributed by atoms with Crippen molar-refractivity contribution in [1.82, 2.24) is 9.55 Å². The zero-order chi connectivity index (χ0) is 19.0. The second kappa shape index (κ2) is 8.26. The average molecular weight is 413 g/mol. The summed E-state index contributed by atoms with van der Waals surface area (Å²) in [7, 11) is 1.68. The van der Waals surface area contributed by atoms with Crippen LogP contribution < -0.4 is 4.74 Å². The van der Waals surface area contributed by atoms with Crippen molar-refractivity contribution in [2.45, 2.75) is 20.4 Å². The summed E-state index contributed by atoms with van der Waals surface area (Å²) in [5, 5.41) is 1.99. The Hall–Kier alpha value is -2.49. The average Bonchev–Trinajstić information content (AvgIpc) is 2.95. The van der Waals surface area contributed by atoms with Crippen LogP contribution in [-0.4, -0.2) is 16.7 Å². The van der Waals surface area contributed by atoms with E-state index in [9.17, 15) is 0 Å². The number of aromatic nitrogens is 2. The Morgan fingerprint density at radius 2 is 1.64 bits per heavy atom. The molecule has 2 aromatic carbocycles. The highest BCUT2D eigenvalue weighted by molar-refractivity contribution is 6.30. The molecule has 4 rings (SSSR count). The van der Waals surface area contributed by atoms with Crippen molar-refractivity contribution in [3.8, 4) is 17.0 Å². The molecule has 0 aliphatic carbocycles. The van der Waals surface area contributed by atoms with Crippen LogP contribution in [0.15, 0.2) is 60.8 Å². The van der Waals surface area contributed by atoms with E-state index in [1.165, 1.54) is 22.2 Å². The highest BCUT2D eigenvalue weighted by atomic mass is 35.5. The molecule has 0 saturated carbocycles. The van der Waals surface area contributed by atoms with Crippen LogP contribution in [0, 0.1) is 13.8 Å². The quantitative estimate of drug-likeness (QED) is 0.384. The van der Waals surface area contributed by atoms with E-state index in [1.54, 1.807) is 7.11 Å². The fourth-order valence-electron chi connectivity index (χ4n) is 3.53. The monoisotopic (exact) mass is 412 g/mol. The predicted molar refractivity (Wildman–Crippen MR) is 119 cm³/mol. The Morgan fingerprint density at radius 3 is 2.29 bits per heavy atom. The third kappa shape index (κ3) is 3.60. The van der Waals surface area contributed by atoms with E-state index in [0.717, 1.165) is 34.1 Å². The van der Waals surface area contributed by atoms with Gasteiger partial charge in [-0.05, 0) is 67.4 Å². The first-order valence-corrected chi connectivity index (χ1v) is 9.29. The second-order valence-corrected chi connectivity index (χ2v) is 7.14. The van der Waals surface area contributed by atoms with E-state index in [2.05, 4.69) is 48.7 Å². The third-order valence-electron chi connectivity index (χ3n) is 5.16. The van der Waals surface area contributed by atoms with E-state index in [0.29, 0.717) is 0 Å². The van der Waals surface area contributed by atoms with Gasteiger partial charge >= 0.3 is 0 Å². The number of fused-ring (bicyclic) bond motifs is 1. The first-order chi connectivity index (χ1) is 13.1. The molecule has 0 unspecified atom stereocenters. The lowest BCUT2D eigenvalue weighted by molar-refractivity contribution is 0.415. The number of aryl methyl sites for hydroxylation is 1. The molecule has 28 heavy (non-hydrogen) atoms. The number of hydrogen-bond donors (Lipinski definition) is 0. The Kier molecular flexibility index (Phi) is 5.97. The van der Waals surface area contributed by atoms with Crippen molar-refractivity contribution >= 4 is 34.9 Å². The Balaban J connectivity index is 0.00000225. The van der Waals surface area contributed by atoms with Crippen LogP contribution in [0.5, 0.6) is 5.75 Å². The number of rotatable bonds is 4. The zero-order valence-corrected chi connectivity index (χ0v) is 17.6. The molecule has 2 heterocycles. The summed E-state index contributed by atoms with van der Waals surface area (Å²) in [4.78, 5) is 4.72. The minimum absolute atomic E-state index is 0. The summed E-state index contributed by atoms with van der Waals surface area (Å²) < 4.78 is 7.64. The van der Waals surface area contributed by atoms with E-state index in [4.69, 9.17) is 21.3 Å². The lowest BCUT2D eigenvalue weighted by Crippen LogP contribution is -2.03. The van der Waals surface area contributed by atoms with Gasteiger partial charge in [-0.25, -0.2) is 0 Å². The molecule has 0 aliphatic rings. The van der Waals surface area contributed by atoms with Crippen LogP contribution in [0.25, 0.3) is 22.2 Å². The summed E-state index contributed by atoms with van der Waals surface area (Å²) in [5.74, 6) is 0.842. The Labute approximate surface area is 176 Å². The summed E-state index contributed by atoms with van der Waals surface area (Å²) in [6.07, 6.45) is 1.89. The number of halogens is 2. The van der Waals surface area contributed by atoms with Crippen LogP contribution in [-0.2, 0) is 6.54 Å². The van der Waals surface area contributed by atoms with Crippen LogP contribution >= 0.6 is 24.0 Å². The van der Waals surface area contributed by atoms with Gasteiger partial charge in [0.1, 0.15) is 5.75 Å². The normalized spacial score (nSPS) is 10.7. The van der Waals surface area contributed by atoms with Crippen LogP contribution in [0.2, 0.25) is 5.02 Å². The molecule has 0 N–H and O–H groups in total. The lowest BCUT2D eigenvalue weighted by Gasteiger charge is -2.12. The number of pyridine rings is 1. The van der Waals surface area contributed by atoms with Gasteiger partial charge in [0, 0.05) is 34.4 Å². The lowest BCUT2D eigenvalue weighted by atomic mass is 10.1. The maximum absolute atomic E-state index is 6.05. The van der Waals surface area contributed by atoms with Gasteiger partial charge in [0.25, 0.3) is 0 Å². The minimum Gasteiger partial charge on any atom is -0.497 e. The van der Waals surface area contributed by atoms with Crippen LogP contribution in [0.3, 0.4) is 0 Å². The second-order valence-electron chi connectivity index (χ2n) is 6.71. The van der Waals surface area contributed by atoms with E-state index in [1.807, 2.05) is 30.5 Å². The van der Waals surface area contributed by atoms with Gasteiger partial charge in [-0.2, -0.15) is 0 Å². The highest BCUT2D eigenvalue weighted by Gasteiger charge is 2.16. The first kappa shape index (κ1) is 20.2. The summed E-state index contributed by atoms with van der Waals surface area (Å²) in [6, 6.07) is 18.2. The molecule has 0 bridgehead atoms. The fraction of sp³-hybridized carbons (Fsp3) is 0.174. The smallest absolute Gasteiger partial charge is 0.118 e. The number of methoxy groups -OCH3 is 1. The fourth-order valence-corrected chi connectivity index (χ4v) is 3.65. The van der Waals surface area contributed by atoms with Crippen molar-refractivity contribution in [1.29, 1.82) is 0 Å². The maximum atomic E-state index is 6.05. The molecule has 0 amide bonds. The summed E-state index contributed by atoms with van der Waals surface area (Å²) >= 11 is 6.05. The molecule has 0 saturated heterocycles. The largest absolute Gasteiger partial charge is 0.497 e. The molecule has 0 atom stereocenters. The van der Waals surface area contributed by atoms with E-state index < -0.39 is 0 Å². The molecule has 144 valence electrons. The molecule has 2 aromatic heterocycles. The van der Waals surface area contributed by atoms with Gasteiger partial charge in [0.15, 0.2) is 0 Å². The van der Waals surface area contributed by atoms with Gasteiger partial charge < -0.3 is 9.30 Å². The van der Waals surface area contributed by atoms with Crippen LogP contribution in [0.1, 0.15) is 16.8 Å². The van der Waals surface area contributed by atoms with Crippen LogP contribution in [0.4, 0.5) is 0 Å². The number of nitrogens with zero attached hydrogens (tertiary/aromatic N) is 2. The Morgan fingerprint density at radius 1 is 0.964 bits per heavy atom. The van der Waals surface area contributed by atoms with Crippen molar-refractivity contribution < 1.29 is 4.74 Å². The molecular formula is C23H22Cl2N2O. The van der Waals surface area contributed by atoms with Gasteiger partial charge in [-0.1, -0.05) is 23.7 Å². The third-order valence-corrected chi connectivity index (χ3v) is 5.42. The minimum atomic E-state index is 0. The number of benzene rings is 2. The molecule has 0 spiro atoms. The SMILES string of the molecule is COc1ccc(-c2nccc3c(C)c(C)n(Cc4ccc(Cl)cc4)c23)cc1.Cl. The molecule has 3 nitrogen and oxygen atoms in total. The van der Waals surface area contributed by atoms with E-state index in [-0.39, 0.29) is 12.4 Å². The molecule has 5 heteroatoms. The van der Waals surface area contributed by atoms with E-state index >= 15 is 0 Å². The molecule has 4 aromatic rings. The van der Waals surface area contributed by atoms with Crippen molar-refractivity contribution in [2.24, 2.45) is 0 Å². The summed E-state index contributed by atoms with van der Waals surface area (Å²) in [5.41, 5.74) is 6.98. The molecule has 0 aliphatic heterocycles. The van der Waals surface area contributed by atoms with Gasteiger partial charge in [-0.3, -0.25) is 4.98 Å². The molecular weight excluding hydrogens is 391 g/mol. The highest BCUT2D eigenvalue weighted by Crippen LogP contribution is 2.33. The first-order valence-electron chi connectivity index (χ1n) is 8.91. The number of ether oxygens (including phenoxy) is 1. The van der Waals surface area contributed by atoms with Crippen molar-refractivity contribution in [3.63, 3.8) is 0 Å². The standard InChI is InChI=1S/C23H21ClN2O.ClH/c1-15-16(2)26(14-17-4-8-19(24)9-5-17)23-21(15)12-13-25-22(23)18-6-10-20(27-3)11-7-18;/h4-13H,14H2,1-3H3;1H. The number of hydrogen-bond acceptors (Lipinski definition) is 2. The predicted octanol–water partition coefficient (Wildman–Crippen LogP) is 6.45. The van der Waals surface area contributed by atoms with Gasteiger partial charge in [0.2, 0.25) is 0 Å². The van der Waals surface area contributed by atoms with Crippen molar-refractivity contribution in [2.75, 3.05) is 7.11 Å². The zero-order valence-electron chi connectivity index (χ0n) is 16.1. The summed E-state index contributed by atoms with van der Waals surface area (Å²) in [6.45, 7) is 5.12.